The first kappa shape index (κ1) is 14.8. The number of hydrogen-bond donors (Lipinski definition) is 0. The van der Waals surface area contributed by atoms with Gasteiger partial charge < -0.3 is 4.90 Å². The third-order valence-corrected chi connectivity index (χ3v) is 4.85. The predicted octanol–water partition coefficient (Wildman–Crippen LogP) is 3.47. The van der Waals surface area contributed by atoms with Crippen molar-refractivity contribution in [3.63, 3.8) is 0 Å². The van der Waals surface area contributed by atoms with Gasteiger partial charge in [0.2, 0.25) is 0 Å². The highest BCUT2D eigenvalue weighted by Crippen LogP contribution is 2.20. The molecule has 1 aromatic carbocycles. The summed E-state index contributed by atoms with van der Waals surface area (Å²) < 4.78 is 0. The van der Waals surface area contributed by atoms with Crippen molar-refractivity contribution < 1.29 is 0 Å². The number of hydrogen-bond acceptors (Lipinski definition) is 2. The molecule has 1 aromatic rings. The first-order valence-electron chi connectivity index (χ1n) is 8.45. The van der Waals surface area contributed by atoms with E-state index in [0.717, 1.165) is 12.5 Å². The molecule has 0 N–H and O–H groups in total. The van der Waals surface area contributed by atoms with E-state index in [0.29, 0.717) is 0 Å². The summed E-state index contributed by atoms with van der Waals surface area (Å²) >= 11 is 0. The largest absolute Gasteiger partial charge is 0.301 e. The van der Waals surface area contributed by atoms with Crippen LogP contribution in [0.25, 0.3) is 0 Å². The van der Waals surface area contributed by atoms with Gasteiger partial charge in [0.1, 0.15) is 0 Å². The van der Waals surface area contributed by atoms with Gasteiger partial charge in [0, 0.05) is 39.3 Å². The molecule has 0 saturated carbocycles. The topological polar surface area (TPSA) is 6.48 Å². The summed E-state index contributed by atoms with van der Waals surface area (Å²) in [5.74, 6) is 0.901. The van der Waals surface area contributed by atoms with Gasteiger partial charge in [0.15, 0.2) is 0 Å². The Kier molecular flexibility index (Phi) is 5.10. The average molecular weight is 284 g/mol. The standard InChI is InChI=1S/C19H28N2/c1-17-6-5-9-19(14-17)16-21-12-10-20(11-13-21)15-18-7-3-2-4-8-18/h2-3,5-6,9,14,18H,4,7-8,10-13,15-16H2,1H3. The van der Waals surface area contributed by atoms with E-state index in [1.54, 1.807) is 0 Å². The van der Waals surface area contributed by atoms with E-state index in [9.17, 15) is 0 Å². The molecular formula is C19H28N2. The van der Waals surface area contributed by atoms with Crippen LogP contribution in [-0.2, 0) is 6.54 Å². The number of aryl methyl sites for hydroxylation is 1. The SMILES string of the molecule is Cc1cccc(CN2CCN(CC3CC=CCC3)CC2)c1. The fourth-order valence-electron chi connectivity index (χ4n) is 3.59. The minimum atomic E-state index is 0.901. The number of rotatable bonds is 4. The molecular weight excluding hydrogens is 256 g/mol. The second kappa shape index (κ2) is 7.24. The van der Waals surface area contributed by atoms with E-state index in [4.69, 9.17) is 0 Å². The third-order valence-electron chi connectivity index (χ3n) is 4.85. The molecule has 1 fully saturated rings. The highest BCUT2D eigenvalue weighted by molar-refractivity contribution is 5.22. The van der Waals surface area contributed by atoms with Crippen molar-refractivity contribution in [2.75, 3.05) is 32.7 Å². The van der Waals surface area contributed by atoms with Crippen LogP contribution in [0.4, 0.5) is 0 Å². The second-order valence-corrected chi connectivity index (χ2v) is 6.72. The molecule has 0 bridgehead atoms. The van der Waals surface area contributed by atoms with Crippen molar-refractivity contribution in [2.24, 2.45) is 5.92 Å². The number of nitrogens with zero attached hydrogens (tertiary/aromatic N) is 2. The van der Waals surface area contributed by atoms with Crippen molar-refractivity contribution in [2.45, 2.75) is 32.7 Å². The maximum Gasteiger partial charge on any atom is 0.0234 e. The molecule has 1 heterocycles. The molecule has 21 heavy (non-hydrogen) atoms. The summed E-state index contributed by atoms with van der Waals surface area (Å²) in [4.78, 5) is 5.28. The van der Waals surface area contributed by atoms with Gasteiger partial charge in [-0.15, -0.1) is 0 Å². The van der Waals surface area contributed by atoms with Crippen LogP contribution in [0.2, 0.25) is 0 Å². The van der Waals surface area contributed by atoms with Gasteiger partial charge >= 0.3 is 0 Å². The zero-order chi connectivity index (χ0) is 14.5. The van der Waals surface area contributed by atoms with Gasteiger partial charge in [-0.3, -0.25) is 4.90 Å². The molecule has 2 nitrogen and oxygen atoms in total. The molecule has 114 valence electrons. The number of benzene rings is 1. The molecule has 2 aliphatic rings. The number of piperazine rings is 1. The lowest BCUT2D eigenvalue weighted by Gasteiger charge is -2.36. The molecule has 1 aliphatic carbocycles. The maximum atomic E-state index is 2.68. The Morgan fingerprint density at radius 2 is 1.86 bits per heavy atom. The van der Waals surface area contributed by atoms with Gasteiger partial charge in [-0.25, -0.2) is 0 Å². The fourth-order valence-corrected chi connectivity index (χ4v) is 3.59. The Bertz CT molecular complexity index is 472. The molecule has 1 aliphatic heterocycles. The first-order valence-corrected chi connectivity index (χ1v) is 8.45. The lowest BCUT2D eigenvalue weighted by molar-refractivity contribution is 0.111. The molecule has 1 atom stereocenters. The third kappa shape index (κ3) is 4.42. The van der Waals surface area contributed by atoms with Crippen molar-refractivity contribution in [1.29, 1.82) is 0 Å². The highest BCUT2D eigenvalue weighted by atomic mass is 15.3. The molecule has 0 spiro atoms. The summed E-state index contributed by atoms with van der Waals surface area (Å²) in [6.07, 6.45) is 8.69. The van der Waals surface area contributed by atoms with Crippen molar-refractivity contribution >= 4 is 0 Å². The summed E-state index contributed by atoms with van der Waals surface area (Å²) in [7, 11) is 0. The zero-order valence-corrected chi connectivity index (χ0v) is 13.3. The van der Waals surface area contributed by atoms with Crippen LogP contribution in [0.3, 0.4) is 0 Å². The summed E-state index contributed by atoms with van der Waals surface area (Å²) in [5.41, 5.74) is 2.83. The molecule has 1 saturated heterocycles. The normalized spacial score (nSPS) is 24.3. The van der Waals surface area contributed by atoms with Crippen LogP contribution in [-0.4, -0.2) is 42.5 Å². The monoisotopic (exact) mass is 284 g/mol. The molecule has 0 amide bonds. The van der Waals surface area contributed by atoms with E-state index in [-0.39, 0.29) is 0 Å². The molecule has 0 radical (unpaired) electrons. The van der Waals surface area contributed by atoms with Gasteiger partial charge in [0.25, 0.3) is 0 Å². The Balaban J connectivity index is 1.43. The zero-order valence-electron chi connectivity index (χ0n) is 13.3. The van der Waals surface area contributed by atoms with E-state index in [1.165, 1.54) is 63.1 Å². The quantitative estimate of drug-likeness (QED) is 0.781. The second-order valence-electron chi connectivity index (χ2n) is 6.72. The van der Waals surface area contributed by atoms with Crippen molar-refractivity contribution in [3.05, 3.63) is 47.5 Å². The van der Waals surface area contributed by atoms with E-state index in [1.807, 2.05) is 0 Å². The van der Waals surface area contributed by atoms with Gasteiger partial charge in [-0.1, -0.05) is 42.0 Å². The van der Waals surface area contributed by atoms with Crippen LogP contribution < -0.4 is 0 Å². The molecule has 3 rings (SSSR count). The average Bonchev–Trinajstić information content (AvgIpc) is 2.50. The van der Waals surface area contributed by atoms with Gasteiger partial charge in [-0.2, -0.15) is 0 Å². The van der Waals surface area contributed by atoms with Crippen LogP contribution >= 0.6 is 0 Å². The fraction of sp³-hybridized carbons (Fsp3) is 0.579. The molecule has 0 aromatic heterocycles. The number of allylic oxidation sites excluding steroid dienone is 2. The van der Waals surface area contributed by atoms with Gasteiger partial charge in [0.05, 0.1) is 0 Å². The Morgan fingerprint density at radius 3 is 2.57 bits per heavy atom. The van der Waals surface area contributed by atoms with Crippen molar-refractivity contribution in [1.82, 2.24) is 9.80 Å². The van der Waals surface area contributed by atoms with Crippen LogP contribution in [0.15, 0.2) is 36.4 Å². The first-order chi connectivity index (χ1) is 10.3. The lowest BCUT2D eigenvalue weighted by Crippen LogP contribution is -2.47. The Morgan fingerprint density at radius 1 is 1.05 bits per heavy atom. The van der Waals surface area contributed by atoms with Crippen molar-refractivity contribution in [3.8, 4) is 0 Å². The summed E-state index contributed by atoms with van der Waals surface area (Å²) in [5, 5.41) is 0. The minimum Gasteiger partial charge on any atom is -0.301 e. The molecule has 1 unspecified atom stereocenters. The Labute approximate surface area is 129 Å². The van der Waals surface area contributed by atoms with Crippen LogP contribution in [0, 0.1) is 12.8 Å². The van der Waals surface area contributed by atoms with E-state index >= 15 is 0 Å². The van der Waals surface area contributed by atoms with Gasteiger partial charge in [-0.05, 0) is 37.7 Å². The van der Waals surface area contributed by atoms with E-state index < -0.39 is 0 Å². The van der Waals surface area contributed by atoms with Crippen LogP contribution in [0.1, 0.15) is 30.4 Å². The minimum absolute atomic E-state index is 0.901. The molecule has 2 heteroatoms. The van der Waals surface area contributed by atoms with E-state index in [2.05, 4.69) is 53.1 Å². The maximum absolute atomic E-state index is 2.68. The Hall–Kier alpha value is -1.12. The summed E-state index contributed by atoms with van der Waals surface area (Å²) in [6.45, 7) is 9.52. The van der Waals surface area contributed by atoms with Crippen LogP contribution in [0.5, 0.6) is 0 Å². The summed E-state index contributed by atoms with van der Waals surface area (Å²) in [6, 6.07) is 8.94. The lowest BCUT2D eigenvalue weighted by atomic mass is 9.94. The highest BCUT2D eigenvalue weighted by Gasteiger charge is 2.20. The smallest absolute Gasteiger partial charge is 0.0234 e. The predicted molar refractivity (Wildman–Crippen MR) is 89.4 cm³/mol.